The van der Waals surface area contributed by atoms with Crippen LogP contribution < -0.4 is 10.0 Å². The third kappa shape index (κ3) is 4.45. The fraction of sp³-hybridized carbons (Fsp3) is 0.714. The molecule has 0 atom stereocenters. The second-order valence-electron chi connectivity index (χ2n) is 5.88. The Kier molecular flexibility index (Phi) is 5.41. The summed E-state index contributed by atoms with van der Waals surface area (Å²) in [5.74, 6) is 0. The molecule has 0 bridgehead atoms. The molecule has 1 fully saturated rings. The number of rotatable bonds is 8. The quantitative estimate of drug-likeness (QED) is 0.758. The molecule has 1 aliphatic rings. The number of hydrogen-bond acceptors (Lipinski definition) is 5. The van der Waals surface area contributed by atoms with E-state index in [0.717, 1.165) is 22.6 Å². The average Bonchev–Trinajstić information content (AvgIpc) is 3.10. The third-order valence-electron chi connectivity index (χ3n) is 3.72. The molecular formula is C14H24N2O2S3. The molecule has 1 saturated carbocycles. The molecule has 1 heterocycles. The van der Waals surface area contributed by atoms with Crippen LogP contribution in [0.3, 0.4) is 0 Å². The van der Waals surface area contributed by atoms with Crippen LogP contribution in [-0.4, -0.2) is 32.0 Å². The predicted molar refractivity (Wildman–Crippen MR) is 91.7 cm³/mol. The molecule has 0 saturated heterocycles. The molecule has 1 aromatic rings. The summed E-state index contributed by atoms with van der Waals surface area (Å²) in [4.78, 5) is 2.36. The van der Waals surface area contributed by atoms with Crippen molar-refractivity contribution in [2.75, 3.05) is 12.8 Å². The van der Waals surface area contributed by atoms with E-state index in [9.17, 15) is 8.42 Å². The van der Waals surface area contributed by atoms with Crippen LogP contribution in [0.4, 0.5) is 0 Å². The van der Waals surface area contributed by atoms with Gasteiger partial charge in [-0.15, -0.1) is 11.3 Å². The Morgan fingerprint density at radius 2 is 2.10 bits per heavy atom. The van der Waals surface area contributed by atoms with Crippen LogP contribution >= 0.6 is 23.1 Å². The van der Waals surface area contributed by atoms with E-state index in [4.69, 9.17) is 0 Å². The van der Waals surface area contributed by atoms with Gasteiger partial charge in [-0.05, 0) is 32.1 Å². The first-order valence-electron chi connectivity index (χ1n) is 7.15. The first kappa shape index (κ1) is 17.3. The Morgan fingerprint density at radius 3 is 2.62 bits per heavy atom. The number of thiophene rings is 1. The van der Waals surface area contributed by atoms with Gasteiger partial charge in [-0.3, -0.25) is 0 Å². The normalized spacial score (nSPS) is 17.4. The number of hydrogen-bond donors (Lipinski definition) is 2. The molecule has 0 amide bonds. The van der Waals surface area contributed by atoms with Gasteiger partial charge in [0.2, 0.25) is 10.0 Å². The minimum Gasteiger partial charge on any atom is -0.310 e. The van der Waals surface area contributed by atoms with Gasteiger partial charge in [-0.25, -0.2) is 13.1 Å². The van der Waals surface area contributed by atoms with Crippen molar-refractivity contribution in [2.24, 2.45) is 0 Å². The molecule has 7 heteroatoms. The molecular weight excluding hydrogens is 324 g/mol. The highest BCUT2D eigenvalue weighted by atomic mass is 32.2. The molecule has 2 N–H and O–H groups in total. The molecule has 120 valence electrons. The predicted octanol–water partition coefficient (Wildman–Crippen LogP) is 2.73. The molecule has 0 unspecified atom stereocenters. The van der Waals surface area contributed by atoms with Crippen molar-refractivity contribution >= 4 is 33.1 Å². The lowest BCUT2D eigenvalue weighted by Gasteiger charge is -2.13. The maximum absolute atomic E-state index is 12.5. The van der Waals surface area contributed by atoms with Crippen LogP contribution in [0.15, 0.2) is 11.0 Å². The average molecular weight is 349 g/mol. The summed E-state index contributed by atoms with van der Waals surface area (Å²) in [6.07, 6.45) is 4.25. The molecule has 21 heavy (non-hydrogen) atoms. The van der Waals surface area contributed by atoms with E-state index in [1.807, 2.05) is 13.2 Å². The van der Waals surface area contributed by atoms with E-state index in [0.29, 0.717) is 24.0 Å². The number of aryl methyl sites for hydroxylation is 1. The summed E-state index contributed by atoms with van der Waals surface area (Å²) in [5.41, 5.74) is 0. The summed E-state index contributed by atoms with van der Waals surface area (Å²) in [5, 5.41) is 3.32. The van der Waals surface area contributed by atoms with E-state index in [1.54, 1.807) is 29.2 Å². The van der Waals surface area contributed by atoms with Crippen molar-refractivity contribution in [3.05, 3.63) is 15.8 Å². The summed E-state index contributed by atoms with van der Waals surface area (Å²) >= 11 is 3.31. The smallest absolute Gasteiger partial charge is 0.241 e. The van der Waals surface area contributed by atoms with Gasteiger partial charge in [-0.1, -0.05) is 13.8 Å². The second-order valence-corrected chi connectivity index (χ2v) is 10.2. The minimum atomic E-state index is -3.39. The maximum atomic E-state index is 12.5. The standard InChI is InChI=1S/C14H24N2O2S3/c1-10(2)15-8-12-7-13(11(3)20-12)21(17,18)16-9-14(19-4)5-6-14/h7,10,15-16H,5-6,8-9H2,1-4H3. The highest BCUT2D eigenvalue weighted by molar-refractivity contribution is 8.00. The van der Waals surface area contributed by atoms with Crippen molar-refractivity contribution in [1.29, 1.82) is 0 Å². The Labute approximate surface area is 136 Å². The van der Waals surface area contributed by atoms with Crippen molar-refractivity contribution in [1.82, 2.24) is 10.0 Å². The lowest BCUT2D eigenvalue weighted by atomic mass is 10.3. The van der Waals surface area contributed by atoms with Crippen molar-refractivity contribution in [3.8, 4) is 0 Å². The number of nitrogens with one attached hydrogen (secondary N) is 2. The molecule has 4 nitrogen and oxygen atoms in total. The van der Waals surface area contributed by atoms with E-state index in [-0.39, 0.29) is 4.75 Å². The van der Waals surface area contributed by atoms with Crippen molar-refractivity contribution in [2.45, 2.75) is 55.8 Å². The first-order valence-corrected chi connectivity index (χ1v) is 10.7. The summed E-state index contributed by atoms with van der Waals surface area (Å²) < 4.78 is 27.8. The molecule has 1 aliphatic carbocycles. The summed E-state index contributed by atoms with van der Waals surface area (Å²) in [6, 6.07) is 2.19. The molecule has 0 aromatic carbocycles. The Hall–Kier alpha value is -0.0800. The topological polar surface area (TPSA) is 58.2 Å². The maximum Gasteiger partial charge on any atom is 0.241 e. The lowest BCUT2D eigenvalue weighted by molar-refractivity contribution is 0.579. The van der Waals surface area contributed by atoms with Gasteiger partial charge in [0.1, 0.15) is 0 Å². The zero-order valence-electron chi connectivity index (χ0n) is 13.0. The summed E-state index contributed by atoms with van der Waals surface area (Å²) in [6.45, 7) is 7.28. The Morgan fingerprint density at radius 1 is 1.43 bits per heavy atom. The lowest BCUT2D eigenvalue weighted by Crippen LogP contribution is -2.31. The minimum absolute atomic E-state index is 0.138. The monoisotopic (exact) mass is 348 g/mol. The fourth-order valence-corrected chi connectivity index (χ4v) is 5.61. The fourth-order valence-electron chi connectivity index (χ4n) is 2.08. The van der Waals surface area contributed by atoms with Crippen LogP contribution in [0.1, 0.15) is 36.4 Å². The van der Waals surface area contributed by atoms with Gasteiger partial charge < -0.3 is 5.32 Å². The van der Waals surface area contributed by atoms with Gasteiger partial charge in [0.05, 0.1) is 4.90 Å². The van der Waals surface area contributed by atoms with E-state index in [2.05, 4.69) is 23.9 Å². The summed E-state index contributed by atoms with van der Waals surface area (Å²) in [7, 11) is -3.39. The molecule has 0 aliphatic heterocycles. The van der Waals surface area contributed by atoms with Crippen molar-refractivity contribution < 1.29 is 8.42 Å². The molecule has 1 aromatic heterocycles. The van der Waals surface area contributed by atoms with Gasteiger partial charge in [0.25, 0.3) is 0 Å². The SMILES string of the molecule is CSC1(CNS(=O)(=O)c2cc(CNC(C)C)sc2C)CC1. The molecule has 0 spiro atoms. The number of sulfonamides is 1. The van der Waals surface area contributed by atoms with Gasteiger partial charge in [0.15, 0.2) is 0 Å². The largest absolute Gasteiger partial charge is 0.310 e. The van der Waals surface area contributed by atoms with Crippen molar-refractivity contribution in [3.63, 3.8) is 0 Å². The van der Waals surface area contributed by atoms with E-state index < -0.39 is 10.0 Å². The Bertz CT molecular complexity index is 589. The van der Waals surface area contributed by atoms with E-state index in [1.165, 1.54) is 0 Å². The van der Waals surface area contributed by atoms with Crippen LogP contribution in [0.2, 0.25) is 0 Å². The Balaban J connectivity index is 2.05. The third-order valence-corrected chi connectivity index (χ3v) is 7.85. The van der Waals surface area contributed by atoms with Crippen LogP contribution in [0.25, 0.3) is 0 Å². The molecule has 0 radical (unpaired) electrons. The van der Waals surface area contributed by atoms with Gasteiger partial charge in [0, 0.05) is 33.6 Å². The molecule has 2 rings (SSSR count). The highest BCUT2D eigenvalue weighted by Crippen LogP contribution is 2.46. The van der Waals surface area contributed by atoms with Gasteiger partial charge >= 0.3 is 0 Å². The van der Waals surface area contributed by atoms with Crippen LogP contribution in [0, 0.1) is 6.92 Å². The second kappa shape index (κ2) is 6.58. The zero-order valence-corrected chi connectivity index (χ0v) is 15.5. The van der Waals surface area contributed by atoms with Gasteiger partial charge in [-0.2, -0.15) is 11.8 Å². The first-order chi connectivity index (χ1) is 9.78. The van der Waals surface area contributed by atoms with E-state index >= 15 is 0 Å². The zero-order chi connectivity index (χ0) is 15.7. The highest BCUT2D eigenvalue weighted by Gasteiger charge is 2.42. The van der Waals surface area contributed by atoms with Crippen LogP contribution in [0.5, 0.6) is 0 Å². The number of thioether (sulfide) groups is 1. The van der Waals surface area contributed by atoms with Crippen LogP contribution in [-0.2, 0) is 16.6 Å².